The first-order valence-electron chi connectivity index (χ1n) is 7.38. The summed E-state index contributed by atoms with van der Waals surface area (Å²) in [7, 11) is 0. The summed E-state index contributed by atoms with van der Waals surface area (Å²) in [4.78, 5) is 28.2. The Morgan fingerprint density at radius 1 is 1.13 bits per heavy atom. The number of esters is 1. The summed E-state index contributed by atoms with van der Waals surface area (Å²) in [6.07, 6.45) is 0. The molecule has 0 radical (unpaired) electrons. The Morgan fingerprint density at radius 2 is 1.83 bits per heavy atom. The lowest BCUT2D eigenvalue weighted by atomic mass is 10.1. The predicted octanol–water partition coefficient (Wildman–Crippen LogP) is 3.01. The van der Waals surface area contributed by atoms with Crippen LogP contribution in [0.4, 0.5) is 0 Å². The number of carbonyl (C=O) groups is 1. The second kappa shape index (κ2) is 6.04. The van der Waals surface area contributed by atoms with E-state index in [2.05, 4.69) is 4.98 Å². The zero-order valence-corrected chi connectivity index (χ0v) is 12.9. The lowest BCUT2D eigenvalue weighted by Crippen LogP contribution is -2.22. The Balaban J connectivity index is 2.15. The minimum Gasteiger partial charge on any atom is -0.427 e. The summed E-state index contributed by atoms with van der Waals surface area (Å²) in [6, 6.07) is 14.3. The molecule has 0 saturated heterocycles. The Kier molecular flexibility index (Phi) is 3.93. The molecule has 5 heteroatoms. The number of hydrogen-bond acceptors (Lipinski definition) is 4. The van der Waals surface area contributed by atoms with Crippen LogP contribution in [0, 0.1) is 0 Å². The van der Waals surface area contributed by atoms with Gasteiger partial charge in [0.15, 0.2) is 0 Å². The third kappa shape index (κ3) is 2.85. The Bertz CT molecular complexity index is 927. The highest BCUT2D eigenvalue weighted by Crippen LogP contribution is 2.22. The van der Waals surface area contributed by atoms with Crippen molar-refractivity contribution < 1.29 is 9.53 Å². The average Bonchev–Trinajstić information content (AvgIpc) is 2.55. The van der Waals surface area contributed by atoms with Gasteiger partial charge in [0, 0.05) is 19.0 Å². The molecule has 0 unspecified atom stereocenters. The molecule has 0 amide bonds. The van der Waals surface area contributed by atoms with Crippen molar-refractivity contribution in [2.75, 3.05) is 0 Å². The van der Waals surface area contributed by atoms with Crippen LogP contribution in [0.1, 0.15) is 13.8 Å². The molecule has 23 heavy (non-hydrogen) atoms. The van der Waals surface area contributed by atoms with Gasteiger partial charge in [0.25, 0.3) is 5.56 Å². The van der Waals surface area contributed by atoms with Crippen LogP contribution < -0.4 is 10.3 Å². The van der Waals surface area contributed by atoms with Crippen molar-refractivity contribution in [3.8, 4) is 17.1 Å². The van der Waals surface area contributed by atoms with Crippen LogP contribution >= 0.6 is 0 Å². The van der Waals surface area contributed by atoms with Crippen LogP contribution in [-0.4, -0.2) is 15.5 Å². The number of rotatable bonds is 3. The molecule has 0 spiro atoms. The van der Waals surface area contributed by atoms with Crippen molar-refractivity contribution >= 4 is 16.9 Å². The minimum atomic E-state index is -0.368. The summed E-state index contributed by atoms with van der Waals surface area (Å²) in [5, 5.41) is 0.606. The van der Waals surface area contributed by atoms with Gasteiger partial charge in [-0.3, -0.25) is 14.2 Å². The Hall–Kier alpha value is -2.95. The summed E-state index contributed by atoms with van der Waals surface area (Å²) < 4.78 is 6.67. The van der Waals surface area contributed by atoms with Crippen molar-refractivity contribution in [3.63, 3.8) is 0 Å². The zero-order valence-electron chi connectivity index (χ0n) is 12.9. The Labute approximate surface area is 133 Å². The molecule has 5 nitrogen and oxygen atoms in total. The molecule has 3 aromatic rings. The van der Waals surface area contributed by atoms with Gasteiger partial charge in [-0.2, -0.15) is 0 Å². The summed E-state index contributed by atoms with van der Waals surface area (Å²) in [6.45, 7) is 3.79. The second-order valence-electron chi connectivity index (χ2n) is 5.12. The van der Waals surface area contributed by atoms with E-state index in [1.54, 1.807) is 34.9 Å². The number of aromatic nitrogens is 2. The molecule has 0 N–H and O–H groups in total. The van der Waals surface area contributed by atoms with Crippen LogP contribution in [0.15, 0.2) is 53.3 Å². The molecule has 3 rings (SSSR count). The molecule has 1 aromatic heterocycles. The van der Waals surface area contributed by atoms with Crippen LogP contribution in [0.3, 0.4) is 0 Å². The SMILES string of the molecule is CCn1c(-c2ccc(OC(C)=O)cc2)nc2ccccc2c1=O. The zero-order chi connectivity index (χ0) is 16.4. The number of fused-ring (bicyclic) bond motifs is 1. The van der Waals surface area contributed by atoms with Crippen molar-refractivity contribution in [2.24, 2.45) is 0 Å². The summed E-state index contributed by atoms with van der Waals surface area (Å²) >= 11 is 0. The Morgan fingerprint density at radius 3 is 2.48 bits per heavy atom. The molecule has 0 saturated carbocycles. The third-order valence-corrected chi connectivity index (χ3v) is 3.55. The minimum absolute atomic E-state index is 0.0582. The van der Waals surface area contributed by atoms with E-state index in [1.165, 1.54) is 6.92 Å². The fourth-order valence-electron chi connectivity index (χ4n) is 2.52. The molecule has 0 atom stereocenters. The molecule has 0 fully saturated rings. The highest BCUT2D eigenvalue weighted by Gasteiger charge is 2.11. The number of nitrogens with zero attached hydrogens (tertiary/aromatic N) is 2. The number of para-hydroxylation sites is 1. The molecule has 0 aliphatic carbocycles. The monoisotopic (exact) mass is 308 g/mol. The van der Waals surface area contributed by atoms with E-state index in [1.807, 2.05) is 25.1 Å². The van der Waals surface area contributed by atoms with E-state index in [9.17, 15) is 9.59 Å². The van der Waals surface area contributed by atoms with E-state index in [0.717, 1.165) is 5.56 Å². The first kappa shape index (κ1) is 15.0. The highest BCUT2D eigenvalue weighted by atomic mass is 16.5. The van der Waals surface area contributed by atoms with Crippen molar-refractivity contribution in [1.82, 2.24) is 9.55 Å². The van der Waals surface area contributed by atoms with Crippen LogP contribution in [0.2, 0.25) is 0 Å². The molecule has 116 valence electrons. The van der Waals surface area contributed by atoms with Crippen LogP contribution in [0.25, 0.3) is 22.3 Å². The predicted molar refractivity (Wildman–Crippen MR) is 88.4 cm³/mol. The quantitative estimate of drug-likeness (QED) is 0.551. The van der Waals surface area contributed by atoms with Gasteiger partial charge < -0.3 is 4.74 Å². The summed E-state index contributed by atoms with van der Waals surface area (Å²) in [5.74, 6) is 0.699. The fourth-order valence-corrected chi connectivity index (χ4v) is 2.52. The third-order valence-electron chi connectivity index (χ3n) is 3.55. The molecule has 2 aromatic carbocycles. The highest BCUT2D eigenvalue weighted by molar-refractivity contribution is 5.79. The number of carbonyl (C=O) groups excluding carboxylic acids is 1. The van der Waals surface area contributed by atoms with Gasteiger partial charge in [-0.1, -0.05) is 12.1 Å². The molecular weight excluding hydrogens is 292 g/mol. The summed E-state index contributed by atoms with van der Waals surface area (Å²) in [5.41, 5.74) is 1.41. The number of hydrogen-bond donors (Lipinski definition) is 0. The number of ether oxygens (including phenoxy) is 1. The van der Waals surface area contributed by atoms with E-state index in [-0.39, 0.29) is 11.5 Å². The topological polar surface area (TPSA) is 61.2 Å². The molecule has 1 heterocycles. The molecule has 0 aliphatic heterocycles. The first-order valence-corrected chi connectivity index (χ1v) is 7.38. The van der Waals surface area contributed by atoms with Gasteiger partial charge in [-0.05, 0) is 43.3 Å². The van der Waals surface area contributed by atoms with Gasteiger partial charge in [-0.25, -0.2) is 4.98 Å². The second-order valence-corrected chi connectivity index (χ2v) is 5.12. The average molecular weight is 308 g/mol. The molecule has 0 bridgehead atoms. The maximum absolute atomic E-state index is 12.6. The smallest absolute Gasteiger partial charge is 0.308 e. The normalized spacial score (nSPS) is 10.7. The maximum atomic E-state index is 12.6. The molecule has 0 aliphatic rings. The van der Waals surface area contributed by atoms with Crippen LogP contribution in [-0.2, 0) is 11.3 Å². The standard InChI is InChI=1S/C18H16N2O3/c1-3-20-17(13-8-10-14(11-9-13)23-12(2)21)19-16-7-5-4-6-15(16)18(20)22/h4-11H,3H2,1-2H3. The van der Waals surface area contributed by atoms with E-state index in [0.29, 0.717) is 29.0 Å². The lowest BCUT2D eigenvalue weighted by molar-refractivity contribution is -0.131. The maximum Gasteiger partial charge on any atom is 0.308 e. The van der Waals surface area contributed by atoms with Gasteiger partial charge in [-0.15, -0.1) is 0 Å². The van der Waals surface area contributed by atoms with Gasteiger partial charge in [0.05, 0.1) is 10.9 Å². The van der Waals surface area contributed by atoms with E-state index >= 15 is 0 Å². The lowest BCUT2D eigenvalue weighted by Gasteiger charge is -2.12. The molecular formula is C18H16N2O3. The van der Waals surface area contributed by atoms with Crippen molar-refractivity contribution in [1.29, 1.82) is 0 Å². The largest absolute Gasteiger partial charge is 0.427 e. The van der Waals surface area contributed by atoms with Gasteiger partial charge in [0.1, 0.15) is 11.6 Å². The van der Waals surface area contributed by atoms with Crippen molar-refractivity contribution in [2.45, 2.75) is 20.4 Å². The van der Waals surface area contributed by atoms with Crippen LogP contribution in [0.5, 0.6) is 5.75 Å². The van der Waals surface area contributed by atoms with Gasteiger partial charge in [0.2, 0.25) is 0 Å². The van der Waals surface area contributed by atoms with Crippen molar-refractivity contribution in [3.05, 3.63) is 58.9 Å². The number of benzene rings is 2. The van der Waals surface area contributed by atoms with E-state index < -0.39 is 0 Å². The van der Waals surface area contributed by atoms with E-state index in [4.69, 9.17) is 4.74 Å². The first-order chi connectivity index (χ1) is 11.1. The van der Waals surface area contributed by atoms with Gasteiger partial charge >= 0.3 is 5.97 Å². The fraction of sp³-hybridized carbons (Fsp3) is 0.167.